The summed E-state index contributed by atoms with van der Waals surface area (Å²) in [4.78, 5) is 63.2. The van der Waals surface area contributed by atoms with Gasteiger partial charge in [-0.2, -0.15) is 0 Å². The van der Waals surface area contributed by atoms with Crippen LogP contribution in [0.1, 0.15) is 50.5 Å². The van der Waals surface area contributed by atoms with E-state index in [1.807, 2.05) is 0 Å². The number of carbonyl (C=O) groups excluding carboxylic acids is 3. The number of rotatable bonds is 15. The Balaban J connectivity index is 2.21. The van der Waals surface area contributed by atoms with Gasteiger partial charge in [0, 0.05) is 19.4 Å². The van der Waals surface area contributed by atoms with Gasteiger partial charge in [0.1, 0.15) is 18.1 Å². The number of hydrogen-bond acceptors (Lipinski definition) is 7. The normalized spacial score (nSPS) is 17.5. The second-order valence-corrected chi connectivity index (χ2v) is 9.16. The van der Waals surface area contributed by atoms with Crippen LogP contribution in [-0.4, -0.2) is 82.0 Å². The molecule has 2 rings (SSSR count). The van der Waals surface area contributed by atoms with Crippen molar-refractivity contribution < 1.29 is 34.2 Å². The Morgan fingerprint density at radius 3 is 2.27 bits per heavy atom. The lowest BCUT2D eigenvalue weighted by Gasteiger charge is -2.29. The van der Waals surface area contributed by atoms with Gasteiger partial charge in [0.2, 0.25) is 17.7 Å². The lowest BCUT2D eigenvalue weighted by molar-refractivity contribution is -0.150. The van der Waals surface area contributed by atoms with Gasteiger partial charge in [-0.3, -0.25) is 19.2 Å². The first kappa shape index (κ1) is 29.7. The van der Waals surface area contributed by atoms with Crippen LogP contribution in [0, 0.1) is 0 Å². The van der Waals surface area contributed by atoms with Crippen molar-refractivity contribution in [1.29, 1.82) is 0 Å². The summed E-state index contributed by atoms with van der Waals surface area (Å²) in [5.74, 6) is -4.22. The summed E-state index contributed by atoms with van der Waals surface area (Å²) in [6, 6.07) is 4.67. The average molecular weight is 520 g/mol. The quantitative estimate of drug-likeness (QED) is 0.166. The van der Waals surface area contributed by atoms with Crippen molar-refractivity contribution in [2.75, 3.05) is 13.1 Å². The molecule has 0 radical (unpaired) electrons. The summed E-state index contributed by atoms with van der Waals surface area (Å²) in [6.45, 7) is 0.663. The minimum absolute atomic E-state index is 0.106. The molecule has 4 atom stereocenters. The second-order valence-electron chi connectivity index (χ2n) is 9.16. The van der Waals surface area contributed by atoms with Gasteiger partial charge in [0.05, 0.1) is 6.04 Å². The maximum atomic E-state index is 13.3. The van der Waals surface area contributed by atoms with Crippen LogP contribution in [0.25, 0.3) is 0 Å². The van der Waals surface area contributed by atoms with E-state index >= 15 is 0 Å². The summed E-state index contributed by atoms with van der Waals surface area (Å²) < 4.78 is 0. The third-order valence-electron chi connectivity index (χ3n) is 6.30. The largest absolute Gasteiger partial charge is 0.481 e. The maximum Gasteiger partial charge on any atom is 0.326 e. The first-order chi connectivity index (χ1) is 17.6. The molecule has 1 heterocycles. The SMILES string of the molecule is NCCCCC(N)C(=O)NC(Cc1ccccc1)C(=O)NC(CCC(=O)O)C(=O)N1CCCC1C(=O)O. The highest BCUT2D eigenvalue weighted by molar-refractivity contribution is 5.94. The zero-order chi connectivity index (χ0) is 27.4. The molecular formula is C25H37N5O7. The highest BCUT2D eigenvalue weighted by Crippen LogP contribution is 2.20. The fraction of sp³-hybridized carbons (Fsp3) is 0.560. The van der Waals surface area contributed by atoms with Gasteiger partial charge < -0.3 is 37.2 Å². The van der Waals surface area contributed by atoms with Crippen LogP contribution in [0.5, 0.6) is 0 Å². The Hall–Kier alpha value is -3.51. The molecule has 1 aliphatic heterocycles. The van der Waals surface area contributed by atoms with Crippen LogP contribution in [-0.2, 0) is 30.4 Å². The molecule has 12 nitrogen and oxygen atoms in total. The number of benzene rings is 1. The van der Waals surface area contributed by atoms with E-state index in [-0.39, 0.29) is 25.8 Å². The van der Waals surface area contributed by atoms with Crippen LogP contribution in [0.3, 0.4) is 0 Å². The van der Waals surface area contributed by atoms with Crippen molar-refractivity contribution in [3.8, 4) is 0 Å². The minimum Gasteiger partial charge on any atom is -0.481 e. The third-order valence-corrected chi connectivity index (χ3v) is 6.30. The number of hydrogen-bond donors (Lipinski definition) is 6. The molecule has 0 aromatic heterocycles. The number of likely N-dealkylation sites (tertiary alicyclic amines) is 1. The number of nitrogens with zero attached hydrogens (tertiary/aromatic N) is 1. The summed E-state index contributed by atoms with van der Waals surface area (Å²) in [7, 11) is 0. The Morgan fingerprint density at radius 1 is 0.973 bits per heavy atom. The Labute approximate surface area is 215 Å². The van der Waals surface area contributed by atoms with Crippen molar-refractivity contribution in [3.63, 3.8) is 0 Å². The van der Waals surface area contributed by atoms with Gasteiger partial charge in [-0.25, -0.2) is 4.79 Å². The molecule has 0 saturated carbocycles. The zero-order valence-electron chi connectivity index (χ0n) is 20.8. The van der Waals surface area contributed by atoms with Gasteiger partial charge in [-0.1, -0.05) is 36.8 Å². The summed E-state index contributed by atoms with van der Waals surface area (Å²) >= 11 is 0. The average Bonchev–Trinajstić information content (AvgIpc) is 3.36. The first-order valence-electron chi connectivity index (χ1n) is 12.5. The minimum atomic E-state index is -1.27. The van der Waals surface area contributed by atoms with Crippen molar-refractivity contribution in [3.05, 3.63) is 35.9 Å². The number of carboxylic acid groups (broad SMARTS) is 2. The van der Waals surface area contributed by atoms with E-state index in [1.165, 1.54) is 0 Å². The van der Waals surface area contributed by atoms with Crippen LogP contribution in [0.15, 0.2) is 30.3 Å². The molecule has 0 aliphatic carbocycles. The van der Waals surface area contributed by atoms with E-state index in [2.05, 4.69) is 10.6 Å². The smallest absolute Gasteiger partial charge is 0.326 e. The van der Waals surface area contributed by atoms with E-state index in [0.29, 0.717) is 32.2 Å². The molecule has 4 unspecified atom stereocenters. The molecule has 0 bridgehead atoms. The molecule has 1 aromatic rings. The molecule has 37 heavy (non-hydrogen) atoms. The Morgan fingerprint density at radius 2 is 1.65 bits per heavy atom. The molecule has 0 spiro atoms. The summed E-state index contributed by atoms with van der Waals surface area (Å²) in [5.41, 5.74) is 12.2. The monoisotopic (exact) mass is 519 g/mol. The highest BCUT2D eigenvalue weighted by Gasteiger charge is 2.38. The Kier molecular flexibility index (Phi) is 12.0. The second kappa shape index (κ2) is 14.9. The molecule has 12 heteroatoms. The topological polar surface area (TPSA) is 205 Å². The molecular weight excluding hydrogens is 482 g/mol. The van der Waals surface area contributed by atoms with Gasteiger partial charge in [0.25, 0.3) is 0 Å². The lowest BCUT2D eigenvalue weighted by atomic mass is 10.0. The number of unbranched alkanes of at least 4 members (excludes halogenated alkanes) is 1. The highest BCUT2D eigenvalue weighted by atomic mass is 16.4. The van der Waals surface area contributed by atoms with E-state index < -0.39 is 60.2 Å². The number of carbonyl (C=O) groups is 5. The first-order valence-corrected chi connectivity index (χ1v) is 12.5. The molecule has 1 aromatic carbocycles. The predicted molar refractivity (Wildman–Crippen MR) is 134 cm³/mol. The van der Waals surface area contributed by atoms with Crippen LogP contribution in [0.2, 0.25) is 0 Å². The van der Waals surface area contributed by atoms with Crippen molar-refractivity contribution in [2.45, 2.75) is 75.5 Å². The zero-order valence-corrected chi connectivity index (χ0v) is 20.8. The number of nitrogens with two attached hydrogens (primary N) is 2. The third kappa shape index (κ3) is 9.47. The van der Waals surface area contributed by atoms with Crippen molar-refractivity contribution >= 4 is 29.7 Å². The van der Waals surface area contributed by atoms with E-state index in [1.54, 1.807) is 30.3 Å². The van der Waals surface area contributed by atoms with Gasteiger partial charge in [-0.05, 0) is 44.2 Å². The van der Waals surface area contributed by atoms with Gasteiger partial charge in [-0.15, -0.1) is 0 Å². The molecule has 1 aliphatic rings. The Bertz CT molecular complexity index is 943. The number of aliphatic carboxylic acids is 2. The van der Waals surface area contributed by atoms with Crippen molar-refractivity contribution in [2.24, 2.45) is 11.5 Å². The van der Waals surface area contributed by atoms with E-state index in [9.17, 15) is 29.1 Å². The fourth-order valence-electron chi connectivity index (χ4n) is 4.26. The van der Waals surface area contributed by atoms with E-state index in [4.69, 9.17) is 16.6 Å². The fourth-order valence-corrected chi connectivity index (χ4v) is 4.26. The molecule has 8 N–H and O–H groups in total. The van der Waals surface area contributed by atoms with Gasteiger partial charge >= 0.3 is 11.9 Å². The predicted octanol–water partition coefficient (Wildman–Crippen LogP) is -0.405. The van der Waals surface area contributed by atoms with Crippen molar-refractivity contribution in [1.82, 2.24) is 15.5 Å². The lowest BCUT2D eigenvalue weighted by Crippen LogP contribution is -2.57. The molecule has 204 valence electrons. The number of carboxylic acids is 2. The van der Waals surface area contributed by atoms with Crippen LogP contribution in [0.4, 0.5) is 0 Å². The van der Waals surface area contributed by atoms with Crippen LogP contribution < -0.4 is 22.1 Å². The molecule has 1 fully saturated rings. The number of amides is 3. The standard InChI is InChI=1S/C25H37N5O7/c26-13-5-4-9-17(27)22(33)29-19(15-16-7-2-1-3-8-16)23(34)28-18(11-12-21(31)32)24(35)30-14-6-10-20(30)25(36)37/h1-3,7-8,17-20H,4-6,9-15,26-27H2,(H,28,34)(H,29,33)(H,31,32)(H,36,37). The number of nitrogens with one attached hydrogen (secondary N) is 2. The summed E-state index contributed by atoms with van der Waals surface area (Å²) in [5, 5.41) is 23.8. The maximum absolute atomic E-state index is 13.3. The van der Waals surface area contributed by atoms with E-state index in [0.717, 1.165) is 10.5 Å². The summed E-state index contributed by atoms with van der Waals surface area (Å²) in [6.07, 6.45) is 1.95. The molecule has 1 saturated heterocycles. The van der Waals surface area contributed by atoms with Crippen LogP contribution >= 0.6 is 0 Å². The van der Waals surface area contributed by atoms with Gasteiger partial charge in [0.15, 0.2) is 0 Å². The molecule has 3 amide bonds.